The van der Waals surface area contributed by atoms with Crippen LogP contribution in [-0.4, -0.2) is 20.6 Å². The molecule has 1 atom stereocenters. The normalized spacial score (nSPS) is 12.8. The number of hydrogen-bond donors (Lipinski definition) is 2. The minimum absolute atomic E-state index is 0.430. The molecule has 0 aliphatic carbocycles. The van der Waals surface area contributed by atoms with Gasteiger partial charge >= 0.3 is 5.97 Å². The van der Waals surface area contributed by atoms with Crippen molar-refractivity contribution >= 4 is 18.2 Å². The van der Waals surface area contributed by atoms with E-state index in [4.69, 9.17) is 17.3 Å². The van der Waals surface area contributed by atoms with Gasteiger partial charge in [0.25, 0.3) is 0 Å². The number of carboxylic acids is 1. The average molecular weight is 172 g/mol. The van der Waals surface area contributed by atoms with Crippen LogP contribution in [0, 0.1) is 4.77 Å². The lowest BCUT2D eigenvalue weighted by molar-refractivity contribution is -0.140. The maximum absolute atomic E-state index is 10.5. The zero-order chi connectivity index (χ0) is 8.43. The fraction of sp³-hybridized carbons (Fsp3) is 0.333. The van der Waals surface area contributed by atoms with Gasteiger partial charge in [0.1, 0.15) is 6.04 Å². The van der Waals surface area contributed by atoms with E-state index >= 15 is 0 Å². The fourth-order valence-electron chi connectivity index (χ4n) is 0.755. The van der Waals surface area contributed by atoms with Gasteiger partial charge in [0.15, 0.2) is 4.77 Å². The van der Waals surface area contributed by atoms with Crippen molar-refractivity contribution in [2.75, 3.05) is 0 Å². The molecule has 0 saturated heterocycles. The number of nitrogens with zero attached hydrogens (tertiary/aromatic N) is 1. The molecule has 0 saturated carbocycles. The molecule has 1 heterocycles. The molecule has 1 aromatic heterocycles. The van der Waals surface area contributed by atoms with Crippen molar-refractivity contribution in [3.05, 3.63) is 17.2 Å². The van der Waals surface area contributed by atoms with Gasteiger partial charge in [0.05, 0.1) is 0 Å². The van der Waals surface area contributed by atoms with Gasteiger partial charge in [-0.05, 0) is 19.1 Å². The Labute approximate surface area is 68.5 Å². The largest absolute Gasteiger partial charge is 0.480 e. The van der Waals surface area contributed by atoms with E-state index in [-0.39, 0.29) is 0 Å². The van der Waals surface area contributed by atoms with Gasteiger partial charge < -0.3 is 14.7 Å². The Balaban J connectivity index is 3.02. The molecule has 1 unspecified atom stereocenters. The summed E-state index contributed by atoms with van der Waals surface area (Å²) in [6, 6.07) is -0.603. The number of aliphatic carboxylic acids is 1. The first-order valence-corrected chi connectivity index (χ1v) is 3.52. The highest BCUT2D eigenvalue weighted by Gasteiger charge is 2.12. The summed E-state index contributed by atoms with van der Waals surface area (Å²) in [5, 5.41) is 8.60. The summed E-state index contributed by atoms with van der Waals surface area (Å²) < 4.78 is 1.91. The van der Waals surface area contributed by atoms with Crippen molar-refractivity contribution in [3.63, 3.8) is 0 Å². The third-order valence-electron chi connectivity index (χ3n) is 1.45. The topological polar surface area (TPSA) is 58.0 Å². The van der Waals surface area contributed by atoms with Gasteiger partial charge in [-0.25, -0.2) is 4.79 Å². The standard InChI is InChI=1S/C6H8N2O2S/c1-4(5(9)10)8-3-2-7-6(8)11/h2-4H,1H3,(H,7,11)(H,9,10). The van der Waals surface area contributed by atoms with E-state index in [9.17, 15) is 4.79 Å². The van der Waals surface area contributed by atoms with E-state index in [1.54, 1.807) is 19.3 Å². The van der Waals surface area contributed by atoms with Gasteiger partial charge in [-0.1, -0.05) is 0 Å². The highest BCUT2D eigenvalue weighted by atomic mass is 32.1. The lowest BCUT2D eigenvalue weighted by Crippen LogP contribution is -2.14. The van der Waals surface area contributed by atoms with Crippen molar-refractivity contribution in [1.82, 2.24) is 9.55 Å². The van der Waals surface area contributed by atoms with Crippen molar-refractivity contribution in [3.8, 4) is 0 Å². The summed E-state index contributed by atoms with van der Waals surface area (Å²) in [5.74, 6) is -0.888. The number of aromatic amines is 1. The fourth-order valence-corrected chi connectivity index (χ4v) is 1.04. The average Bonchev–Trinajstić information content (AvgIpc) is 2.33. The molecule has 0 aromatic carbocycles. The van der Waals surface area contributed by atoms with Gasteiger partial charge in [0, 0.05) is 12.4 Å². The minimum atomic E-state index is -0.888. The van der Waals surface area contributed by atoms with Crippen molar-refractivity contribution in [1.29, 1.82) is 0 Å². The molecule has 60 valence electrons. The predicted octanol–water partition coefficient (Wildman–Crippen LogP) is 1.19. The van der Waals surface area contributed by atoms with E-state index in [1.165, 1.54) is 4.57 Å². The number of H-pyrrole nitrogens is 1. The Morgan fingerprint density at radius 2 is 2.55 bits per heavy atom. The second kappa shape index (κ2) is 2.87. The molecule has 0 fully saturated rings. The molecule has 4 nitrogen and oxygen atoms in total. The van der Waals surface area contributed by atoms with Gasteiger partial charge in [-0.15, -0.1) is 0 Å². The Kier molecular flexibility index (Phi) is 2.09. The molecular formula is C6H8N2O2S. The number of carboxylic acid groups (broad SMARTS) is 1. The number of imidazole rings is 1. The van der Waals surface area contributed by atoms with Crippen LogP contribution in [0.25, 0.3) is 0 Å². The Bertz CT molecular complexity index is 314. The van der Waals surface area contributed by atoms with Crippen LogP contribution in [0.2, 0.25) is 0 Å². The van der Waals surface area contributed by atoms with Crippen molar-refractivity contribution in [2.45, 2.75) is 13.0 Å². The lowest BCUT2D eigenvalue weighted by atomic mass is 10.3. The zero-order valence-electron chi connectivity index (χ0n) is 5.94. The zero-order valence-corrected chi connectivity index (χ0v) is 6.76. The molecule has 0 aliphatic heterocycles. The monoisotopic (exact) mass is 172 g/mol. The van der Waals surface area contributed by atoms with E-state index in [1.807, 2.05) is 0 Å². The number of nitrogens with one attached hydrogen (secondary N) is 1. The van der Waals surface area contributed by atoms with Crippen LogP contribution in [0.4, 0.5) is 0 Å². The van der Waals surface area contributed by atoms with Crippen LogP contribution in [0.15, 0.2) is 12.4 Å². The minimum Gasteiger partial charge on any atom is -0.480 e. The van der Waals surface area contributed by atoms with Crippen molar-refractivity contribution in [2.24, 2.45) is 0 Å². The van der Waals surface area contributed by atoms with E-state index in [2.05, 4.69) is 4.98 Å². The summed E-state index contributed by atoms with van der Waals surface area (Å²) in [6.07, 6.45) is 3.23. The van der Waals surface area contributed by atoms with Crippen molar-refractivity contribution < 1.29 is 9.90 Å². The number of hydrogen-bond acceptors (Lipinski definition) is 2. The molecule has 0 amide bonds. The predicted molar refractivity (Wildman–Crippen MR) is 42.0 cm³/mol. The van der Waals surface area contributed by atoms with E-state index in [0.717, 1.165) is 0 Å². The molecule has 2 N–H and O–H groups in total. The quantitative estimate of drug-likeness (QED) is 0.659. The molecule has 0 aliphatic rings. The third-order valence-corrected chi connectivity index (χ3v) is 1.78. The summed E-state index contributed by atoms with van der Waals surface area (Å²) in [6.45, 7) is 1.58. The number of carbonyl (C=O) groups is 1. The first-order chi connectivity index (χ1) is 5.13. The Morgan fingerprint density at radius 3 is 2.91 bits per heavy atom. The SMILES string of the molecule is CC(C(=O)O)n1cc[nH]c1=S. The molecule has 1 aromatic rings. The van der Waals surface area contributed by atoms with Crippen LogP contribution in [0.3, 0.4) is 0 Å². The molecular weight excluding hydrogens is 164 g/mol. The van der Waals surface area contributed by atoms with Crippen LogP contribution in [-0.2, 0) is 4.79 Å². The summed E-state index contributed by atoms with van der Waals surface area (Å²) in [7, 11) is 0. The molecule has 11 heavy (non-hydrogen) atoms. The summed E-state index contributed by atoms with van der Waals surface area (Å²) in [4.78, 5) is 13.2. The van der Waals surface area contributed by atoms with Crippen LogP contribution in [0.1, 0.15) is 13.0 Å². The van der Waals surface area contributed by atoms with Crippen LogP contribution >= 0.6 is 12.2 Å². The Morgan fingerprint density at radius 1 is 1.91 bits per heavy atom. The molecule has 0 radical (unpaired) electrons. The van der Waals surface area contributed by atoms with Gasteiger partial charge in [-0.2, -0.15) is 0 Å². The third kappa shape index (κ3) is 1.48. The number of rotatable bonds is 2. The Hall–Kier alpha value is -1.10. The highest BCUT2D eigenvalue weighted by Crippen LogP contribution is 2.05. The molecule has 1 rings (SSSR count). The highest BCUT2D eigenvalue weighted by molar-refractivity contribution is 7.71. The van der Waals surface area contributed by atoms with Gasteiger partial charge in [-0.3, -0.25) is 0 Å². The first-order valence-electron chi connectivity index (χ1n) is 3.11. The summed E-state index contributed by atoms with van der Waals surface area (Å²) in [5.41, 5.74) is 0. The molecule has 0 bridgehead atoms. The maximum Gasteiger partial charge on any atom is 0.326 e. The molecule has 0 spiro atoms. The molecule has 5 heteroatoms. The van der Waals surface area contributed by atoms with E-state index in [0.29, 0.717) is 4.77 Å². The maximum atomic E-state index is 10.5. The van der Waals surface area contributed by atoms with Crippen LogP contribution in [0.5, 0.6) is 0 Å². The van der Waals surface area contributed by atoms with Gasteiger partial charge in [0.2, 0.25) is 0 Å². The van der Waals surface area contributed by atoms with E-state index < -0.39 is 12.0 Å². The first kappa shape index (κ1) is 8.00. The second-order valence-corrected chi connectivity index (χ2v) is 2.57. The summed E-state index contributed by atoms with van der Waals surface area (Å²) >= 11 is 4.82. The number of aromatic nitrogens is 2. The smallest absolute Gasteiger partial charge is 0.326 e. The lowest BCUT2D eigenvalue weighted by Gasteiger charge is -2.05. The van der Waals surface area contributed by atoms with Crippen LogP contribution < -0.4 is 0 Å². The second-order valence-electron chi connectivity index (χ2n) is 2.19.